The monoisotopic (exact) mass is 454 g/mol. The van der Waals surface area contributed by atoms with E-state index in [4.69, 9.17) is 16.3 Å². The van der Waals surface area contributed by atoms with Crippen molar-refractivity contribution in [1.29, 1.82) is 0 Å². The molecule has 0 spiro atoms. The van der Waals surface area contributed by atoms with Gasteiger partial charge in [-0.25, -0.2) is 13.7 Å². The zero-order chi connectivity index (χ0) is 23.0. The number of ether oxygens (including phenoxy) is 1. The second kappa shape index (κ2) is 8.43. The number of methoxy groups -OCH3 is 1. The number of hydrogen-bond acceptors (Lipinski definition) is 4. The van der Waals surface area contributed by atoms with Gasteiger partial charge >= 0.3 is 0 Å². The van der Waals surface area contributed by atoms with Gasteiger partial charge in [0.25, 0.3) is 11.8 Å². The number of anilines is 2. The molecule has 0 saturated carbocycles. The van der Waals surface area contributed by atoms with Crippen molar-refractivity contribution in [3.05, 3.63) is 94.1 Å². The molecule has 0 aliphatic carbocycles. The van der Waals surface area contributed by atoms with Gasteiger partial charge in [-0.15, -0.1) is 0 Å². The van der Waals surface area contributed by atoms with Gasteiger partial charge in [0.05, 0.1) is 18.4 Å². The molecule has 162 valence electrons. The first kappa shape index (κ1) is 21.5. The van der Waals surface area contributed by atoms with E-state index in [1.807, 2.05) is 0 Å². The van der Waals surface area contributed by atoms with E-state index in [9.17, 15) is 18.4 Å². The van der Waals surface area contributed by atoms with Crippen LogP contribution in [0.3, 0.4) is 0 Å². The molecular formula is C24H17ClF2N2O3. The number of nitrogens with one attached hydrogen (secondary N) is 1. The van der Waals surface area contributed by atoms with E-state index in [1.165, 1.54) is 19.2 Å². The van der Waals surface area contributed by atoms with Crippen molar-refractivity contribution in [2.24, 2.45) is 0 Å². The van der Waals surface area contributed by atoms with Crippen LogP contribution < -0.4 is 15.0 Å². The summed E-state index contributed by atoms with van der Waals surface area (Å²) in [7, 11) is 1.51. The lowest BCUT2D eigenvalue weighted by Crippen LogP contribution is -2.32. The predicted octanol–water partition coefficient (Wildman–Crippen LogP) is 5.33. The Morgan fingerprint density at radius 2 is 1.62 bits per heavy atom. The Bertz CT molecular complexity index is 1270. The van der Waals surface area contributed by atoms with Gasteiger partial charge in [-0.2, -0.15) is 0 Å². The summed E-state index contributed by atoms with van der Waals surface area (Å²) in [5, 5.41) is 3.19. The molecule has 1 aliphatic rings. The van der Waals surface area contributed by atoms with E-state index in [2.05, 4.69) is 5.32 Å². The summed E-state index contributed by atoms with van der Waals surface area (Å²) in [5.74, 6) is -2.76. The van der Waals surface area contributed by atoms with E-state index in [0.717, 1.165) is 22.6 Å². The summed E-state index contributed by atoms with van der Waals surface area (Å²) in [6, 6.07) is 14.5. The molecule has 1 heterocycles. The SMILES string of the molecule is COc1ccc(C2=C(Nc3ccc(F)c(F)c3)C(=O)N(c3ccc(C)c(Cl)c3)C2=O)cc1. The van der Waals surface area contributed by atoms with Crippen molar-refractivity contribution >= 4 is 40.4 Å². The Labute approximate surface area is 187 Å². The fourth-order valence-corrected chi connectivity index (χ4v) is 3.52. The molecule has 0 aromatic heterocycles. The average molecular weight is 455 g/mol. The van der Waals surface area contributed by atoms with Gasteiger partial charge in [-0.05, 0) is 54.4 Å². The van der Waals surface area contributed by atoms with E-state index in [-0.39, 0.29) is 17.0 Å². The first-order valence-corrected chi connectivity index (χ1v) is 9.93. The maximum atomic E-state index is 13.7. The van der Waals surface area contributed by atoms with E-state index in [1.54, 1.807) is 43.3 Å². The third kappa shape index (κ3) is 3.83. The van der Waals surface area contributed by atoms with Gasteiger partial charge in [0, 0.05) is 16.8 Å². The van der Waals surface area contributed by atoms with Gasteiger partial charge in [0.2, 0.25) is 0 Å². The third-order valence-electron chi connectivity index (χ3n) is 5.07. The second-order valence-electron chi connectivity index (χ2n) is 7.11. The molecule has 0 saturated heterocycles. The number of aryl methyl sites for hydroxylation is 1. The quantitative estimate of drug-likeness (QED) is 0.529. The lowest BCUT2D eigenvalue weighted by Gasteiger charge is -2.16. The van der Waals surface area contributed by atoms with Crippen LogP contribution in [0.15, 0.2) is 66.4 Å². The fraction of sp³-hybridized carbons (Fsp3) is 0.0833. The van der Waals surface area contributed by atoms with Crippen LogP contribution in [0.2, 0.25) is 5.02 Å². The third-order valence-corrected chi connectivity index (χ3v) is 5.47. The van der Waals surface area contributed by atoms with Crippen LogP contribution in [0.5, 0.6) is 5.75 Å². The Kier molecular flexibility index (Phi) is 5.67. The minimum atomic E-state index is -1.08. The number of amides is 2. The number of carbonyl (C=O) groups excluding carboxylic acids is 2. The van der Waals surface area contributed by atoms with Crippen LogP contribution >= 0.6 is 11.6 Å². The standard InChI is InChI=1S/C24H17ClF2N2O3/c1-13-3-7-16(12-18(13)25)29-23(30)21(14-4-8-17(32-2)9-5-14)22(24(29)31)28-15-6-10-19(26)20(27)11-15/h3-12,28H,1-2H3. The van der Waals surface area contributed by atoms with Crippen LogP contribution in [-0.2, 0) is 9.59 Å². The number of imide groups is 1. The van der Waals surface area contributed by atoms with Crippen molar-refractivity contribution in [3.8, 4) is 5.75 Å². The number of rotatable bonds is 5. The molecule has 0 fully saturated rings. The summed E-state index contributed by atoms with van der Waals surface area (Å²) in [6.07, 6.45) is 0. The molecule has 1 aliphatic heterocycles. The molecule has 0 unspecified atom stereocenters. The topological polar surface area (TPSA) is 58.6 Å². The normalized spacial score (nSPS) is 13.7. The molecule has 32 heavy (non-hydrogen) atoms. The molecular weight excluding hydrogens is 438 g/mol. The summed E-state index contributed by atoms with van der Waals surface area (Å²) >= 11 is 6.20. The summed E-state index contributed by atoms with van der Waals surface area (Å²) in [6.45, 7) is 1.80. The first-order chi connectivity index (χ1) is 15.3. The van der Waals surface area contributed by atoms with Crippen molar-refractivity contribution in [1.82, 2.24) is 0 Å². The molecule has 5 nitrogen and oxygen atoms in total. The molecule has 0 bridgehead atoms. The molecule has 1 N–H and O–H groups in total. The molecule has 2 amide bonds. The highest BCUT2D eigenvalue weighted by molar-refractivity contribution is 6.46. The minimum absolute atomic E-state index is 0.0668. The number of carbonyl (C=O) groups is 2. The Hall–Kier alpha value is -3.71. The molecule has 3 aromatic rings. The van der Waals surface area contributed by atoms with Crippen LogP contribution in [0.25, 0.3) is 5.57 Å². The second-order valence-corrected chi connectivity index (χ2v) is 7.52. The van der Waals surface area contributed by atoms with Crippen LogP contribution in [0.1, 0.15) is 11.1 Å². The fourth-order valence-electron chi connectivity index (χ4n) is 3.34. The highest BCUT2D eigenvalue weighted by atomic mass is 35.5. The van der Waals surface area contributed by atoms with Crippen LogP contribution in [0, 0.1) is 18.6 Å². The van der Waals surface area contributed by atoms with Gasteiger partial charge < -0.3 is 10.1 Å². The van der Waals surface area contributed by atoms with Gasteiger partial charge in [-0.1, -0.05) is 29.8 Å². The highest BCUT2D eigenvalue weighted by Crippen LogP contribution is 2.35. The lowest BCUT2D eigenvalue weighted by atomic mass is 10.0. The Balaban J connectivity index is 1.82. The Morgan fingerprint density at radius 3 is 2.25 bits per heavy atom. The van der Waals surface area contributed by atoms with Crippen molar-refractivity contribution in [2.45, 2.75) is 6.92 Å². The zero-order valence-corrected chi connectivity index (χ0v) is 17.8. The number of benzene rings is 3. The molecule has 0 atom stereocenters. The minimum Gasteiger partial charge on any atom is -0.497 e. The molecule has 8 heteroatoms. The van der Waals surface area contributed by atoms with Crippen molar-refractivity contribution in [3.63, 3.8) is 0 Å². The largest absolute Gasteiger partial charge is 0.497 e. The Morgan fingerprint density at radius 1 is 0.906 bits per heavy atom. The first-order valence-electron chi connectivity index (χ1n) is 9.56. The zero-order valence-electron chi connectivity index (χ0n) is 17.1. The van der Waals surface area contributed by atoms with Gasteiger partial charge in [-0.3, -0.25) is 9.59 Å². The van der Waals surface area contributed by atoms with E-state index >= 15 is 0 Å². The summed E-state index contributed by atoms with van der Waals surface area (Å²) in [5.41, 5.74) is 1.67. The molecule has 3 aromatic carbocycles. The number of hydrogen-bond donors (Lipinski definition) is 1. The van der Waals surface area contributed by atoms with Crippen LogP contribution in [0.4, 0.5) is 20.2 Å². The maximum absolute atomic E-state index is 13.7. The van der Waals surface area contributed by atoms with E-state index < -0.39 is 23.4 Å². The van der Waals surface area contributed by atoms with Crippen molar-refractivity contribution < 1.29 is 23.1 Å². The maximum Gasteiger partial charge on any atom is 0.282 e. The van der Waals surface area contributed by atoms with Crippen molar-refractivity contribution in [2.75, 3.05) is 17.3 Å². The number of nitrogens with zero attached hydrogens (tertiary/aromatic N) is 1. The molecule has 0 radical (unpaired) electrons. The smallest absolute Gasteiger partial charge is 0.282 e. The summed E-state index contributed by atoms with van der Waals surface area (Å²) < 4.78 is 32.2. The van der Waals surface area contributed by atoms with Crippen LogP contribution in [-0.4, -0.2) is 18.9 Å². The predicted molar refractivity (Wildman–Crippen MR) is 119 cm³/mol. The average Bonchev–Trinajstić information content (AvgIpc) is 3.02. The van der Waals surface area contributed by atoms with Gasteiger partial charge in [0.1, 0.15) is 11.4 Å². The number of halogens is 3. The summed E-state index contributed by atoms with van der Waals surface area (Å²) in [4.78, 5) is 27.7. The lowest BCUT2D eigenvalue weighted by molar-refractivity contribution is -0.120. The molecule has 4 rings (SSSR count). The van der Waals surface area contributed by atoms with E-state index in [0.29, 0.717) is 22.0 Å². The highest BCUT2D eigenvalue weighted by Gasteiger charge is 2.40. The van der Waals surface area contributed by atoms with Gasteiger partial charge in [0.15, 0.2) is 11.6 Å².